The first-order valence-electron chi connectivity index (χ1n) is 9.23. The molecule has 4 rings (SSSR count). The number of likely N-dealkylation sites (tertiary alicyclic amines) is 1. The molecular formula is C19H25N3O2. The highest BCUT2D eigenvalue weighted by Gasteiger charge is 2.50. The lowest BCUT2D eigenvalue weighted by Crippen LogP contribution is -2.50. The van der Waals surface area contributed by atoms with E-state index in [0.29, 0.717) is 18.5 Å². The summed E-state index contributed by atoms with van der Waals surface area (Å²) < 4.78 is 0. The van der Waals surface area contributed by atoms with Gasteiger partial charge in [-0.2, -0.15) is 0 Å². The fraction of sp³-hybridized carbons (Fsp3) is 0.632. The highest BCUT2D eigenvalue weighted by atomic mass is 16.2. The molecule has 1 aliphatic heterocycles. The zero-order valence-electron chi connectivity index (χ0n) is 14.0. The van der Waals surface area contributed by atoms with Crippen LogP contribution in [-0.4, -0.2) is 33.8 Å². The largest absolute Gasteiger partial charge is 0.350 e. The number of carbonyl (C=O) groups excluding carboxylic acids is 2. The van der Waals surface area contributed by atoms with Crippen molar-refractivity contribution in [2.24, 2.45) is 11.8 Å². The van der Waals surface area contributed by atoms with E-state index in [2.05, 4.69) is 10.3 Å². The Kier molecular flexibility index (Phi) is 4.25. The number of nitrogens with zero attached hydrogens (tertiary/aromatic N) is 2. The van der Waals surface area contributed by atoms with E-state index in [-0.39, 0.29) is 23.8 Å². The normalized spacial score (nSPS) is 29.2. The maximum Gasteiger partial charge on any atom is 0.243 e. The third kappa shape index (κ3) is 3.04. The lowest BCUT2D eigenvalue weighted by atomic mass is 9.84. The van der Waals surface area contributed by atoms with E-state index in [1.807, 2.05) is 17.0 Å². The number of carbonyl (C=O) groups is 2. The molecule has 3 atom stereocenters. The van der Waals surface area contributed by atoms with Crippen molar-refractivity contribution in [3.63, 3.8) is 0 Å². The van der Waals surface area contributed by atoms with Gasteiger partial charge in [-0.15, -0.1) is 0 Å². The van der Waals surface area contributed by atoms with Gasteiger partial charge in [-0.25, -0.2) is 0 Å². The molecule has 2 heterocycles. The molecule has 1 aromatic rings. The van der Waals surface area contributed by atoms with Crippen molar-refractivity contribution in [1.29, 1.82) is 0 Å². The Morgan fingerprint density at radius 2 is 1.88 bits per heavy atom. The van der Waals surface area contributed by atoms with Crippen LogP contribution in [0.25, 0.3) is 0 Å². The maximum atomic E-state index is 12.8. The number of rotatable bonds is 4. The van der Waals surface area contributed by atoms with Gasteiger partial charge >= 0.3 is 0 Å². The molecule has 0 bridgehead atoms. The monoisotopic (exact) mass is 327 g/mol. The topological polar surface area (TPSA) is 62.3 Å². The van der Waals surface area contributed by atoms with Crippen LogP contribution in [0.5, 0.6) is 0 Å². The van der Waals surface area contributed by atoms with E-state index in [1.54, 1.807) is 12.4 Å². The zero-order valence-corrected chi connectivity index (χ0v) is 14.0. The molecule has 2 amide bonds. The second-order valence-electron chi connectivity index (χ2n) is 7.46. The summed E-state index contributed by atoms with van der Waals surface area (Å²) in [4.78, 5) is 31.6. The Hall–Kier alpha value is -1.91. The van der Waals surface area contributed by atoms with E-state index >= 15 is 0 Å². The standard InChI is InChI=1S/C19H25N3O2/c23-18(21-12-13-7-9-20-10-8-13)17-11-15-3-1-2-4-16(15)22(17)19(24)14-5-6-14/h7-10,14-17H,1-6,11-12H2,(H,21,23)/t15-,16+,17+/m1/s1. The van der Waals surface area contributed by atoms with E-state index in [1.165, 1.54) is 12.8 Å². The molecule has 1 aromatic heterocycles. The molecule has 0 aromatic carbocycles. The number of pyridine rings is 1. The molecule has 2 aliphatic carbocycles. The zero-order chi connectivity index (χ0) is 16.5. The van der Waals surface area contributed by atoms with Crippen LogP contribution >= 0.6 is 0 Å². The lowest BCUT2D eigenvalue weighted by molar-refractivity contribution is -0.142. The third-order valence-electron chi connectivity index (χ3n) is 5.79. The summed E-state index contributed by atoms with van der Waals surface area (Å²) in [7, 11) is 0. The highest BCUT2D eigenvalue weighted by Crippen LogP contribution is 2.43. The Morgan fingerprint density at radius 3 is 2.62 bits per heavy atom. The molecule has 3 fully saturated rings. The summed E-state index contributed by atoms with van der Waals surface area (Å²) in [5, 5.41) is 3.03. The molecule has 3 aliphatic rings. The van der Waals surface area contributed by atoms with Crippen molar-refractivity contribution in [3.8, 4) is 0 Å². The Labute approximate surface area is 142 Å². The van der Waals surface area contributed by atoms with Crippen LogP contribution in [-0.2, 0) is 16.1 Å². The van der Waals surface area contributed by atoms with Gasteiger partial charge in [0.2, 0.25) is 11.8 Å². The van der Waals surface area contributed by atoms with Gasteiger partial charge in [0.1, 0.15) is 6.04 Å². The van der Waals surface area contributed by atoms with Crippen LogP contribution in [0, 0.1) is 11.8 Å². The molecule has 0 radical (unpaired) electrons. The van der Waals surface area contributed by atoms with Crippen molar-refractivity contribution in [2.45, 2.75) is 63.6 Å². The van der Waals surface area contributed by atoms with Gasteiger partial charge in [0, 0.05) is 30.9 Å². The van der Waals surface area contributed by atoms with Gasteiger partial charge in [-0.1, -0.05) is 12.8 Å². The van der Waals surface area contributed by atoms with Crippen molar-refractivity contribution in [2.75, 3.05) is 0 Å². The predicted molar refractivity (Wildman–Crippen MR) is 89.8 cm³/mol. The number of nitrogens with one attached hydrogen (secondary N) is 1. The third-order valence-corrected chi connectivity index (χ3v) is 5.79. The average Bonchev–Trinajstić information content (AvgIpc) is 3.40. The van der Waals surface area contributed by atoms with Gasteiger partial charge in [0.25, 0.3) is 0 Å². The molecule has 2 saturated carbocycles. The molecule has 24 heavy (non-hydrogen) atoms. The molecule has 0 unspecified atom stereocenters. The maximum absolute atomic E-state index is 12.8. The summed E-state index contributed by atoms with van der Waals surface area (Å²) in [6, 6.07) is 3.83. The van der Waals surface area contributed by atoms with E-state index in [9.17, 15) is 9.59 Å². The second kappa shape index (κ2) is 6.54. The van der Waals surface area contributed by atoms with Crippen LogP contribution in [0.2, 0.25) is 0 Å². The van der Waals surface area contributed by atoms with Crippen molar-refractivity contribution in [1.82, 2.24) is 15.2 Å². The van der Waals surface area contributed by atoms with Crippen LogP contribution < -0.4 is 5.32 Å². The molecule has 5 nitrogen and oxygen atoms in total. The van der Waals surface area contributed by atoms with Gasteiger partial charge in [0.15, 0.2) is 0 Å². The summed E-state index contributed by atoms with van der Waals surface area (Å²) in [5.74, 6) is 0.933. The first kappa shape index (κ1) is 15.6. The second-order valence-corrected chi connectivity index (χ2v) is 7.46. The van der Waals surface area contributed by atoms with Crippen LogP contribution in [0.15, 0.2) is 24.5 Å². The summed E-state index contributed by atoms with van der Waals surface area (Å²) in [5.41, 5.74) is 1.04. The van der Waals surface area contributed by atoms with Crippen LogP contribution in [0.4, 0.5) is 0 Å². The quantitative estimate of drug-likeness (QED) is 0.923. The first-order chi connectivity index (χ1) is 11.7. The molecule has 5 heteroatoms. The number of amides is 2. The number of hydrogen-bond acceptors (Lipinski definition) is 3. The molecule has 1 saturated heterocycles. The number of hydrogen-bond donors (Lipinski definition) is 1. The average molecular weight is 327 g/mol. The molecule has 0 spiro atoms. The number of fused-ring (bicyclic) bond motifs is 1. The van der Waals surface area contributed by atoms with Crippen LogP contribution in [0.3, 0.4) is 0 Å². The van der Waals surface area contributed by atoms with Crippen molar-refractivity contribution >= 4 is 11.8 Å². The lowest BCUT2D eigenvalue weighted by Gasteiger charge is -2.33. The summed E-state index contributed by atoms with van der Waals surface area (Å²) in [6.07, 6.45) is 10.9. The smallest absolute Gasteiger partial charge is 0.243 e. The van der Waals surface area contributed by atoms with E-state index in [4.69, 9.17) is 0 Å². The van der Waals surface area contributed by atoms with E-state index < -0.39 is 0 Å². The summed E-state index contributed by atoms with van der Waals surface area (Å²) in [6.45, 7) is 0.499. The fourth-order valence-corrected chi connectivity index (χ4v) is 4.36. The minimum atomic E-state index is -0.270. The van der Waals surface area contributed by atoms with Crippen molar-refractivity contribution < 1.29 is 9.59 Å². The Balaban J connectivity index is 1.46. The first-order valence-corrected chi connectivity index (χ1v) is 9.23. The Bertz CT molecular complexity index is 614. The fourth-order valence-electron chi connectivity index (χ4n) is 4.36. The van der Waals surface area contributed by atoms with Gasteiger partial charge in [-0.05, 0) is 55.7 Å². The number of aromatic nitrogens is 1. The molecule has 128 valence electrons. The Morgan fingerprint density at radius 1 is 1.12 bits per heavy atom. The SMILES string of the molecule is O=C(NCc1ccncc1)[C@@H]1C[C@H]2CCCC[C@@H]2N1C(=O)C1CC1. The molecular weight excluding hydrogens is 302 g/mol. The minimum absolute atomic E-state index is 0.00946. The van der Waals surface area contributed by atoms with Crippen LogP contribution in [0.1, 0.15) is 50.5 Å². The minimum Gasteiger partial charge on any atom is -0.350 e. The van der Waals surface area contributed by atoms with Crippen molar-refractivity contribution in [3.05, 3.63) is 30.1 Å². The van der Waals surface area contributed by atoms with E-state index in [0.717, 1.165) is 37.7 Å². The molecule has 1 N–H and O–H groups in total. The van der Waals surface area contributed by atoms with Gasteiger partial charge in [-0.3, -0.25) is 14.6 Å². The highest BCUT2D eigenvalue weighted by molar-refractivity contribution is 5.90. The van der Waals surface area contributed by atoms with Gasteiger partial charge < -0.3 is 10.2 Å². The summed E-state index contributed by atoms with van der Waals surface area (Å²) >= 11 is 0. The predicted octanol–water partition coefficient (Wildman–Crippen LogP) is 2.27. The van der Waals surface area contributed by atoms with Gasteiger partial charge in [0.05, 0.1) is 0 Å².